The van der Waals surface area contributed by atoms with Crippen LogP contribution >= 0.6 is 7.26 Å². The molecule has 4 aromatic rings. The lowest BCUT2D eigenvalue weighted by Gasteiger charge is -2.28. The topological polar surface area (TPSA) is 29.5 Å². The van der Waals surface area contributed by atoms with Crippen LogP contribution in [0.5, 0.6) is 11.5 Å². The fourth-order valence-electron chi connectivity index (χ4n) is 3.84. The SMILES string of the molecule is COc1ccc(O)c(C[P+](c2ccccc2)(c2ccccc2)c2ccccc2)c1.[Br-]. The van der Waals surface area contributed by atoms with Crippen molar-refractivity contribution < 1.29 is 26.8 Å². The molecule has 1 N–H and O–H groups in total. The summed E-state index contributed by atoms with van der Waals surface area (Å²) in [5, 5.41) is 14.6. The van der Waals surface area contributed by atoms with Gasteiger partial charge in [0.1, 0.15) is 40.8 Å². The number of phenolic OH excluding ortho intramolecular Hbond substituents is 1. The first-order chi connectivity index (χ1) is 14.2. The smallest absolute Gasteiger partial charge is 0.122 e. The van der Waals surface area contributed by atoms with E-state index in [2.05, 4.69) is 91.0 Å². The van der Waals surface area contributed by atoms with Crippen LogP contribution in [0.15, 0.2) is 109 Å². The summed E-state index contributed by atoms with van der Waals surface area (Å²) >= 11 is 0. The minimum Gasteiger partial charge on any atom is -1.00 e. The predicted octanol–water partition coefficient (Wildman–Crippen LogP) is 1.90. The zero-order valence-corrected chi connectivity index (χ0v) is 19.3. The van der Waals surface area contributed by atoms with Crippen LogP contribution < -0.4 is 37.6 Å². The van der Waals surface area contributed by atoms with E-state index in [0.717, 1.165) is 11.3 Å². The normalized spacial score (nSPS) is 10.8. The molecule has 0 bridgehead atoms. The Bertz CT molecular complexity index is 973. The van der Waals surface area contributed by atoms with E-state index in [9.17, 15) is 5.11 Å². The molecule has 30 heavy (non-hydrogen) atoms. The Balaban J connectivity index is 0.00000256. The molecule has 0 amide bonds. The van der Waals surface area contributed by atoms with E-state index in [0.29, 0.717) is 11.9 Å². The Morgan fingerprint density at radius 1 is 0.667 bits per heavy atom. The highest BCUT2D eigenvalue weighted by molar-refractivity contribution is 7.95. The Morgan fingerprint density at radius 2 is 1.10 bits per heavy atom. The third-order valence-electron chi connectivity index (χ3n) is 5.29. The molecule has 0 fully saturated rings. The molecule has 4 heteroatoms. The number of halogens is 1. The van der Waals surface area contributed by atoms with Gasteiger partial charge >= 0.3 is 0 Å². The van der Waals surface area contributed by atoms with Crippen molar-refractivity contribution in [2.45, 2.75) is 6.16 Å². The second-order valence-electron chi connectivity index (χ2n) is 6.97. The molecule has 0 radical (unpaired) electrons. The average Bonchev–Trinajstić information content (AvgIpc) is 2.80. The van der Waals surface area contributed by atoms with Gasteiger partial charge in [0.2, 0.25) is 0 Å². The van der Waals surface area contributed by atoms with Crippen molar-refractivity contribution in [3.63, 3.8) is 0 Å². The van der Waals surface area contributed by atoms with E-state index in [4.69, 9.17) is 4.74 Å². The van der Waals surface area contributed by atoms with Crippen molar-refractivity contribution in [2.24, 2.45) is 0 Å². The van der Waals surface area contributed by atoms with Crippen molar-refractivity contribution in [3.05, 3.63) is 115 Å². The van der Waals surface area contributed by atoms with E-state index in [1.807, 2.05) is 6.07 Å². The lowest BCUT2D eigenvalue weighted by Crippen LogP contribution is -3.00. The van der Waals surface area contributed by atoms with E-state index in [1.54, 1.807) is 19.2 Å². The Labute approximate surface area is 189 Å². The quantitative estimate of drug-likeness (QED) is 0.429. The molecule has 0 spiro atoms. The molecule has 0 saturated carbocycles. The first-order valence-corrected chi connectivity index (χ1v) is 11.6. The summed E-state index contributed by atoms with van der Waals surface area (Å²) in [5.74, 6) is 1.06. The Morgan fingerprint density at radius 3 is 1.50 bits per heavy atom. The average molecular weight is 479 g/mol. The van der Waals surface area contributed by atoms with Gasteiger partial charge in [-0.2, -0.15) is 0 Å². The van der Waals surface area contributed by atoms with Gasteiger partial charge in [-0.1, -0.05) is 54.6 Å². The molecule has 4 aromatic carbocycles. The maximum atomic E-state index is 10.7. The third kappa shape index (κ3) is 4.28. The highest BCUT2D eigenvalue weighted by Gasteiger charge is 2.45. The van der Waals surface area contributed by atoms with E-state index >= 15 is 0 Å². The summed E-state index contributed by atoms with van der Waals surface area (Å²) in [5.41, 5.74) is 0.897. The Hall–Kier alpha value is -2.61. The largest absolute Gasteiger partial charge is 1.00 e. The molecule has 0 heterocycles. The van der Waals surface area contributed by atoms with Crippen molar-refractivity contribution in [1.82, 2.24) is 0 Å². The summed E-state index contributed by atoms with van der Waals surface area (Å²) in [6.07, 6.45) is 0.716. The summed E-state index contributed by atoms with van der Waals surface area (Å²) in [6, 6.07) is 37.5. The maximum Gasteiger partial charge on any atom is 0.122 e. The minimum absolute atomic E-state index is 0. The van der Waals surface area contributed by atoms with Crippen LogP contribution in [0, 0.1) is 0 Å². The van der Waals surface area contributed by atoms with Crippen LogP contribution in [0.3, 0.4) is 0 Å². The molecular formula is C26H24BrO2P. The maximum absolute atomic E-state index is 10.7. The van der Waals surface area contributed by atoms with Gasteiger partial charge in [0.05, 0.1) is 7.11 Å². The van der Waals surface area contributed by atoms with Gasteiger partial charge in [0.25, 0.3) is 0 Å². The monoisotopic (exact) mass is 478 g/mol. The summed E-state index contributed by atoms with van der Waals surface area (Å²) < 4.78 is 5.44. The number of ether oxygens (including phenoxy) is 1. The van der Waals surface area contributed by atoms with Crippen LogP contribution in [0.4, 0.5) is 0 Å². The molecule has 4 rings (SSSR count). The molecule has 0 aliphatic carbocycles. The highest BCUT2D eigenvalue weighted by atomic mass is 79.9. The zero-order chi connectivity index (χ0) is 20.1. The van der Waals surface area contributed by atoms with E-state index < -0.39 is 7.26 Å². The molecule has 152 valence electrons. The lowest BCUT2D eigenvalue weighted by molar-refractivity contribution is -0.00000693. The number of rotatable bonds is 6. The first-order valence-electron chi connectivity index (χ1n) is 9.65. The van der Waals surface area contributed by atoms with E-state index in [1.165, 1.54) is 15.9 Å². The van der Waals surface area contributed by atoms with Gasteiger partial charge in [-0.05, 0) is 54.6 Å². The minimum atomic E-state index is -2.05. The summed E-state index contributed by atoms with van der Waals surface area (Å²) in [6.45, 7) is 0. The van der Waals surface area contributed by atoms with Crippen LogP contribution in [0.25, 0.3) is 0 Å². The number of hydrogen-bond donors (Lipinski definition) is 1. The number of methoxy groups -OCH3 is 1. The van der Waals surface area contributed by atoms with Gasteiger partial charge < -0.3 is 26.8 Å². The fraction of sp³-hybridized carbons (Fsp3) is 0.0769. The third-order valence-corrected chi connectivity index (χ3v) is 9.64. The summed E-state index contributed by atoms with van der Waals surface area (Å²) in [7, 11) is -0.391. The summed E-state index contributed by atoms with van der Waals surface area (Å²) in [4.78, 5) is 0. The van der Waals surface area contributed by atoms with E-state index in [-0.39, 0.29) is 17.0 Å². The standard InChI is InChI=1S/C26H23O2P.BrH/c1-28-22-17-18-26(27)21(19-22)20-29(23-11-5-2-6-12-23,24-13-7-3-8-14-24)25-15-9-4-10-16-25;/h2-19H,20H2,1H3;1H. The van der Waals surface area contributed by atoms with Gasteiger partial charge in [-0.3, -0.25) is 0 Å². The number of hydrogen-bond acceptors (Lipinski definition) is 2. The van der Waals surface area contributed by atoms with Crippen molar-refractivity contribution in [2.75, 3.05) is 7.11 Å². The molecule has 0 aromatic heterocycles. The number of phenols is 1. The molecule has 2 nitrogen and oxygen atoms in total. The van der Waals surface area contributed by atoms with Crippen LogP contribution in [0.2, 0.25) is 0 Å². The molecule has 0 atom stereocenters. The van der Waals surface area contributed by atoms with Crippen molar-refractivity contribution in [1.29, 1.82) is 0 Å². The Kier molecular flexibility index (Phi) is 7.31. The first kappa shape index (κ1) is 22.1. The molecule has 0 saturated heterocycles. The van der Waals surface area contributed by atoms with Gasteiger partial charge in [-0.25, -0.2) is 0 Å². The lowest BCUT2D eigenvalue weighted by atomic mass is 10.2. The second kappa shape index (κ2) is 9.93. The molecule has 0 aliphatic heterocycles. The fourth-order valence-corrected chi connectivity index (χ4v) is 8.09. The van der Waals surface area contributed by atoms with Crippen LogP contribution in [0.1, 0.15) is 5.56 Å². The van der Waals surface area contributed by atoms with Crippen molar-refractivity contribution in [3.8, 4) is 11.5 Å². The molecular weight excluding hydrogens is 455 g/mol. The van der Waals surface area contributed by atoms with Gasteiger partial charge in [0.15, 0.2) is 0 Å². The second-order valence-corrected chi connectivity index (χ2v) is 10.5. The van der Waals surface area contributed by atoms with Crippen LogP contribution in [-0.4, -0.2) is 12.2 Å². The molecule has 0 unspecified atom stereocenters. The van der Waals surface area contributed by atoms with Gasteiger partial charge in [-0.15, -0.1) is 0 Å². The zero-order valence-electron chi connectivity index (χ0n) is 16.8. The number of benzene rings is 4. The van der Waals surface area contributed by atoms with Gasteiger partial charge in [0, 0.05) is 5.56 Å². The van der Waals surface area contributed by atoms with Crippen molar-refractivity contribution >= 4 is 23.2 Å². The number of aromatic hydroxyl groups is 1. The van der Waals surface area contributed by atoms with Crippen LogP contribution in [-0.2, 0) is 6.16 Å². The highest BCUT2D eigenvalue weighted by Crippen LogP contribution is 2.59. The predicted molar refractivity (Wildman–Crippen MR) is 124 cm³/mol. The molecule has 0 aliphatic rings.